The second-order valence-corrected chi connectivity index (χ2v) is 16.5. The Kier molecular flexibility index (Phi) is 43.7. The minimum atomic E-state index is -0.0624. The highest BCUT2D eigenvalue weighted by atomic mass is 16.1. The van der Waals surface area contributed by atoms with Crippen molar-refractivity contribution in [3.05, 3.63) is 12.2 Å². The molecule has 0 aromatic carbocycles. The van der Waals surface area contributed by atoms with Gasteiger partial charge in [-0.3, -0.25) is 4.79 Å². The molecule has 0 radical (unpaired) electrons. The molecule has 0 aromatic rings. The van der Waals surface area contributed by atoms with Crippen LogP contribution >= 0.6 is 0 Å². The zero-order chi connectivity index (χ0) is 36.3. The molecule has 0 saturated carbocycles. The first-order valence-corrected chi connectivity index (χ1v) is 23.7. The summed E-state index contributed by atoms with van der Waals surface area (Å²) >= 11 is 0. The van der Waals surface area contributed by atoms with Crippen LogP contribution in [0.15, 0.2) is 12.2 Å². The number of rotatable bonds is 44. The Morgan fingerprint density at radius 1 is 0.340 bits per heavy atom. The third-order valence-corrected chi connectivity index (χ3v) is 11.4. The molecule has 0 aliphatic rings. The predicted octanol–water partition coefficient (Wildman–Crippen LogP) is 17.1. The molecule has 0 heterocycles. The number of hydrogen-bond acceptors (Lipinski definition) is 1. The molecule has 0 aromatic heterocycles. The van der Waals surface area contributed by atoms with E-state index in [-0.39, 0.29) is 11.8 Å². The lowest BCUT2D eigenvalue weighted by Gasteiger charge is -2.13. The molecule has 0 aliphatic carbocycles. The third kappa shape index (κ3) is 41.6. The van der Waals surface area contributed by atoms with Gasteiger partial charge in [-0.15, -0.1) is 0 Å². The molecular weight excluding hydrogens is 607 g/mol. The largest absolute Gasteiger partial charge is 0.369 e. The Morgan fingerprint density at radius 2 is 0.540 bits per heavy atom. The fourth-order valence-electron chi connectivity index (χ4n) is 7.77. The number of unbranched alkanes of at least 4 members (excludes halogenated alkanes) is 37. The van der Waals surface area contributed by atoms with Crippen molar-refractivity contribution in [2.45, 2.75) is 284 Å². The molecule has 0 spiro atoms. The number of carbonyl (C=O) groups excluding carboxylic acids is 1. The summed E-state index contributed by atoms with van der Waals surface area (Å²) in [6, 6.07) is 0. The topological polar surface area (TPSA) is 43.1 Å². The number of nitrogens with two attached hydrogens (primary N) is 1. The lowest BCUT2D eigenvalue weighted by molar-refractivity contribution is -0.122. The lowest BCUT2D eigenvalue weighted by Crippen LogP contribution is -2.23. The maximum absolute atomic E-state index is 12.0. The minimum Gasteiger partial charge on any atom is -0.369 e. The molecule has 2 N–H and O–H groups in total. The highest BCUT2D eigenvalue weighted by Gasteiger charge is 2.14. The van der Waals surface area contributed by atoms with E-state index >= 15 is 0 Å². The van der Waals surface area contributed by atoms with E-state index in [0.29, 0.717) is 0 Å². The van der Waals surface area contributed by atoms with Gasteiger partial charge >= 0.3 is 0 Å². The maximum atomic E-state index is 12.0. The Bertz CT molecular complexity index is 657. The van der Waals surface area contributed by atoms with E-state index in [1.165, 1.54) is 250 Å². The average Bonchev–Trinajstić information content (AvgIpc) is 3.11. The minimum absolute atomic E-state index is 0.0624. The Morgan fingerprint density at radius 3 is 0.760 bits per heavy atom. The fraction of sp³-hybridized carbons (Fsp3) is 0.938. The van der Waals surface area contributed by atoms with E-state index in [0.717, 1.165) is 19.3 Å². The van der Waals surface area contributed by atoms with E-state index in [2.05, 4.69) is 26.0 Å². The number of allylic oxidation sites excluding steroid dienone is 2. The monoisotopic (exact) mass is 702 g/mol. The molecule has 0 saturated heterocycles. The molecule has 0 bridgehead atoms. The van der Waals surface area contributed by atoms with E-state index < -0.39 is 0 Å². The molecule has 1 unspecified atom stereocenters. The lowest BCUT2D eigenvalue weighted by atomic mass is 9.93. The van der Waals surface area contributed by atoms with Gasteiger partial charge in [-0.05, 0) is 38.5 Å². The second kappa shape index (κ2) is 44.4. The summed E-state index contributed by atoms with van der Waals surface area (Å²) in [7, 11) is 0. The van der Waals surface area contributed by atoms with Gasteiger partial charge in [-0.1, -0.05) is 257 Å². The van der Waals surface area contributed by atoms with Gasteiger partial charge in [0.1, 0.15) is 0 Å². The molecule has 2 heteroatoms. The van der Waals surface area contributed by atoms with Crippen LogP contribution in [0.4, 0.5) is 0 Å². The Hall–Kier alpha value is -0.790. The number of hydrogen-bond donors (Lipinski definition) is 1. The summed E-state index contributed by atoms with van der Waals surface area (Å²) in [5.74, 6) is 0.0453. The van der Waals surface area contributed by atoms with Crippen LogP contribution in [0.1, 0.15) is 284 Å². The van der Waals surface area contributed by atoms with Crippen LogP contribution in [-0.4, -0.2) is 5.91 Å². The zero-order valence-electron chi connectivity index (χ0n) is 34.9. The van der Waals surface area contributed by atoms with Gasteiger partial charge in [0, 0.05) is 5.92 Å². The number of primary amides is 1. The summed E-state index contributed by atoms with van der Waals surface area (Å²) in [5, 5.41) is 0. The zero-order valence-corrected chi connectivity index (χ0v) is 34.9. The van der Waals surface area contributed by atoms with Crippen molar-refractivity contribution in [3.8, 4) is 0 Å². The smallest absolute Gasteiger partial charge is 0.220 e. The van der Waals surface area contributed by atoms with E-state index in [9.17, 15) is 4.79 Å². The quantitative estimate of drug-likeness (QED) is 0.0499. The van der Waals surface area contributed by atoms with Crippen LogP contribution in [0, 0.1) is 5.92 Å². The van der Waals surface area contributed by atoms with Crippen molar-refractivity contribution in [1.29, 1.82) is 0 Å². The number of carbonyl (C=O) groups is 1. The summed E-state index contributed by atoms with van der Waals surface area (Å²) in [5.41, 5.74) is 5.75. The van der Waals surface area contributed by atoms with Gasteiger partial charge in [0.15, 0.2) is 0 Å². The van der Waals surface area contributed by atoms with Gasteiger partial charge in [-0.25, -0.2) is 0 Å². The summed E-state index contributed by atoms with van der Waals surface area (Å²) in [6.07, 6.45) is 62.7. The van der Waals surface area contributed by atoms with Gasteiger partial charge in [0.2, 0.25) is 5.91 Å². The number of amides is 1. The van der Waals surface area contributed by atoms with Crippen molar-refractivity contribution in [3.63, 3.8) is 0 Å². The molecule has 2 nitrogen and oxygen atoms in total. The van der Waals surface area contributed by atoms with E-state index in [4.69, 9.17) is 5.73 Å². The van der Waals surface area contributed by atoms with E-state index in [1.807, 2.05) is 0 Å². The van der Waals surface area contributed by atoms with Crippen molar-refractivity contribution >= 4 is 5.91 Å². The summed E-state index contributed by atoms with van der Waals surface area (Å²) in [4.78, 5) is 12.0. The molecular formula is C48H95NO. The average molecular weight is 702 g/mol. The van der Waals surface area contributed by atoms with Crippen molar-refractivity contribution in [2.75, 3.05) is 0 Å². The predicted molar refractivity (Wildman–Crippen MR) is 227 cm³/mol. The SMILES string of the molecule is CCCCCCCCC=CCCCCCCC(CCCCCCCCCCCCCCCCCCCCCCCCCCCCCC)C(N)=O. The molecule has 0 rings (SSSR count). The van der Waals surface area contributed by atoms with Crippen molar-refractivity contribution in [2.24, 2.45) is 11.7 Å². The normalized spacial score (nSPS) is 12.4. The Labute approximate surface area is 317 Å². The highest BCUT2D eigenvalue weighted by molar-refractivity contribution is 5.76. The van der Waals surface area contributed by atoms with Gasteiger partial charge in [0.25, 0.3) is 0 Å². The molecule has 1 amide bonds. The standard InChI is InChI=1S/C48H95NO/c1-3-5-7-9-11-13-15-17-19-20-21-22-23-24-25-26-27-28-29-30-31-32-34-36-38-40-42-44-46-47(48(49)50)45-43-41-39-37-35-33-18-16-14-12-10-8-6-4-2/h18,33,47H,3-17,19-32,34-46H2,1-2H3,(H2,49,50). The van der Waals surface area contributed by atoms with Gasteiger partial charge in [-0.2, -0.15) is 0 Å². The van der Waals surface area contributed by atoms with Crippen LogP contribution in [0.25, 0.3) is 0 Å². The molecule has 298 valence electrons. The van der Waals surface area contributed by atoms with Crippen LogP contribution in [0.5, 0.6) is 0 Å². The first-order chi connectivity index (χ1) is 24.7. The van der Waals surface area contributed by atoms with Crippen LogP contribution in [0.2, 0.25) is 0 Å². The van der Waals surface area contributed by atoms with Crippen LogP contribution < -0.4 is 5.73 Å². The van der Waals surface area contributed by atoms with Crippen molar-refractivity contribution in [1.82, 2.24) is 0 Å². The highest BCUT2D eigenvalue weighted by Crippen LogP contribution is 2.20. The third-order valence-electron chi connectivity index (χ3n) is 11.4. The van der Waals surface area contributed by atoms with E-state index in [1.54, 1.807) is 0 Å². The fourth-order valence-corrected chi connectivity index (χ4v) is 7.77. The molecule has 50 heavy (non-hydrogen) atoms. The summed E-state index contributed by atoms with van der Waals surface area (Å²) < 4.78 is 0. The molecule has 1 atom stereocenters. The first-order valence-electron chi connectivity index (χ1n) is 23.7. The summed E-state index contributed by atoms with van der Waals surface area (Å²) in [6.45, 7) is 4.59. The maximum Gasteiger partial charge on any atom is 0.220 e. The second-order valence-electron chi connectivity index (χ2n) is 16.5. The Balaban J connectivity index is 3.32. The van der Waals surface area contributed by atoms with Gasteiger partial charge in [0.05, 0.1) is 0 Å². The molecule has 0 aliphatic heterocycles. The first kappa shape index (κ1) is 49.2. The van der Waals surface area contributed by atoms with Crippen LogP contribution in [0.3, 0.4) is 0 Å². The molecule has 0 fully saturated rings. The van der Waals surface area contributed by atoms with Crippen LogP contribution in [-0.2, 0) is 4.79 Å². The van der Waals surface area contributed by atoms with Gasteiger partial charge < -0.3 is 5.73 Å². The van der Waals surface area contributed by atoms with Crippen molar-refractivity contribution < 1.29 is 4.79 Å².